The molecule has 7 nitrogen and oxygen atoms in total. The molecule has 166 valence electrons. The van der Waals surface area contributed by atoms with Gasteiger partial charge in [-0.05, 0) is 45.0 Å². The van der Waals surface area contributed by atoms with Gasteiger partial charge in [-0.25, -0.2) is 9.59 Å². The van der Waals surface area contributed by atoms with Gasteiger partial charge in [0.25, 0.3) is 0 Å². The van der Waals surface area contributed by atoms with Crippen LogP contribution in [0.1, 0.15) is 47.9 Å². The van der Waals surface area contributed by atoms with Crippen molar-refractivity contribution in [3.05, 3.63) is 71.8 Å². The van der Waals surface area contributed by atoms with Gasteiger partial charge in [0, 0.05) is 12.3 Å². The van der Waals surface area contributed by atoms with Crippen LogP contribution in [0.15, 0.2) is 60.7 Å². The standard InChI is InChI=1S/C24H28O7/c1-16(29-23(26)18-12-8-5-9-13-18)19-14-21(31-24(2,3)27)30-20(19)15-28-22(25)17-10-6-4-7-11-17/h4-13,16,19-21,27H,14-15H2,1-3H3/t16-,19+,20+,21+/m0/s1. The third kappa shape index (κ3) is 6.62. The molecule has 1 N–H and O–H groups in total. The van der Waals surface area contributed by atoms with Crippen LogP contribution in [0.4, 0.5) is 0 Å². The van der Waals surface area contributed by atoms with Gasteiger partial charge in [-0.3, -0.25) is 0 Å². The third-order valence-electron chi connectivity index (χ3n) is 4.98. The quantitative estimate of drug-likeness (QED) is 0.508. The second-order valence-electron chi connectivity index (χ2n) is 8.01. The van der Waals surface area contributed by atoms with Crippen LogP contribution in [0, 0.1) is 5.92 Å². The van der Waals surface area contributed by atoms with Crippen molar-refractivity contribution >= 4 is 11.9 Å². The lowest BCUT2D eigenvalue weighted by Crippen LogP contribution is -2.34. The van der Waals surface area contributed by atoms with Crippen LogP contribution in [0.25, 0.3) is 0 Å². The zero-order valence-electron chi connectivity index (χ0n) is 17.9. The summed E-state index contributed by atoms with van der Waals surface area (Å²) in [6, 6.07) is 17.4. The largest absolute Gasteiger partial charge is 0.459 e. The SMILES string of the molecule is C[C@H](OC(=O)c1ccccc1)[C@H]1C[C@@H](OC(C)(C)O)O[C@@H]1COC(=O)c1ccccc1. The maximum Gasteiger partial charge on any atom is 0.338 e. The topological polar surface area (TPSA) is 91.3 Å². The molecule has 0 spiro atoms. The highest BCUT2D eigenvalue weighted by molar-refractivity contribution is 5.89. The fourth-order valence-electron chi connectivity index (χ4n) is 3.49. The van der Waals surface area contributed by atoms with Crippen molar-refractivity contribution < 1.29 is 33.6 Å². The van der Waals surface area contributed by atoms with Crippen molar-refractivity contribution in [3.63, 3.8) is 0 Å². The molecule has 1 fully saturated rings. The second kappa shape index (κ2) is 10.0. The van der Waals surface area contributed by atoms with E-state index in [1.54, 1.807) is 55.5 Å². The van der Waals surface area contributed by atoms with Gasteiger partial charge in [0.05, 0.1) is 11.1 Å². The van der Waals surface area contributed by atoms with Crippen molar-refractivity contribution in [2.24, 2.45) is 5.92 Å². The zero-order chi connectivity index (χ0) is 22.4. The van der Waals surface area contributed by atoms with E-state index in [4.69, 9.17) is 18.9 Å². The summed E-state index contributed by atoms with van der Waals surface area (Å²) in [7, 11) is 0. The summed E-state index contributed by atoms with van der Waals surface area (Å²) in [4.78, 5) is 24.8. The first-order valence-corrected chi connectivity index (χ1v) is 10.3. The molecule has 0 aromatic heterocycles. The first-order chi connectivity index (χ1) is 14.7. The Bertz CT molecular complexity index is 861. The van der Waals surface area contributed by atoms with Gasteiger partial charge in [-0.1, -0.05) is 36.4 Å². The van der Waals surface area contributed by atoms with E-state index < -0.39 is 36.2 Å². The third-order valence-corrected chi connectivity index (χ3v) is 4.98. The minimum Gasteiger partial charge on any atom is -0.459 e. The maximum atomic E-state index is 12.5. The summed E-state index contributed by atoms with van der Waals surface area (Å²) < 4.78 is 22.5. The van der Waals surface area contributed by atoms with Crippen LogP contribution in [-0.4, -0.2) is 47.9 Å². The molecule has 0 radical (unpaired) electrons. The number of aliphatic hydroxyl groups is 1. The first-order valence-electron chi connectivity index (χ1n) is 10.3. The lowest BCUT2D eigenvalue weighted by Gasteiger charge is -2.24. The van der Waals surface area contributed by atoms with E-state index >= 15 is 0 Å². The predicted octanol–water partition coefficient (Wildman–Crippen LogP) is 3.57. The van der Waals surface area contributed by atoms with Crippen molar-refractivity contribution in [1.29, 1.82) is 0 Å². The molecular weight excluding hydrogens is 400 g/mol. The molecule has 1 saturated heterocycles. The van der Waals surface area contributed by atoms with Crippen LogP contribution >= 0.6 is 0 Å². The Morgan fingerprint density at radius 1 is 1.03 bits per heavy atom. The van der Waals surface area contributed by atoms with E-state index in [2.05, 4.69) is 0 Å². The Labute approximate surface area is 181 Å². The zero-order valence-corrected chi connectivity index (χ0v) is 17.9. The fraction of sp³-hybridized carbons (Fsp3) is 0.417. The number of carbonyl (C=O) groups is 2. The van der Waals surface area contributed by atoms with Crippen LogP contribution in [-0.2, 0) is 18.9 Å². The Morgan fingerprint density at radius 2 is 1.58 bits per heavy atom. The summed E-state index contributed by atoms with van der Waals surface area (Å²) in [5, 5.41) is 9.98. The van der Waals surface area contributed by atoms with E-state index in [0.717, 1.165) is 0 Å². The Balaban J connectivity index is 1.66. The maximum absolute atomic E-state index is 12.5. The number of rotatable bonds is 8. The molecule has 2 aromatic rings. The molecule has 0 unspecified atom stereocenters. The summed E-state index contributed by atoms with van der Waals surface area (Å²) in [5.41, 5.74) is 0.884. The number of benzene rings is 2. The summed E-state index contributed by atoms with van der Waals surface area (Å²) in [6.07, 6.45) is -1.42. The van der Waals surface area contributed by atoms with Gasteiger partial charge >= 0.3 is 11.9 Å². The molecule has 3 rings (SSSR count). The second-order valence-corrected chi connectivity index (χ2v) is 8.01. The molecular formula is C24H28O7. The molecule has 4 atom stereocenters. The minimum absolute atomic E-state index is 0.0304. The predicted molar refractivity (Wildman–Crippen MR) is 112 cm³/mol. The number of hydrogen-bond donors (Lipinski definition) is 1. The van der Waals surface area contributed by atoms with Crippen LogP contribution in [0.5, 0.6) is 0 Å². The highest BCUT2D eigenvalue weighted by Crippen LogP contribution is 2.33. The molecule has 0 aliphatic carbocycles. The van der Waals surface area contributed by atoms with Gasteiger partial charge in [0.15, 0.2) is 12.1 Å². The monoisotopic (exact) mass is 428 g/mol. The average molecular weight is 428 g/mol. The van der Waals surface area contributed by atoms with Crippen molar-refractivity contribution in [2.45, 2.75) is 51.5 Å². The molecule has 2 aromatic carbocycles. The van der Waals surface area contributed by atoms with E-state index in [1.807, 2.05) is 12.1 Å². The van der Waals surface area contributed by atoms with Crippen LogP contribution in [0.2, 0.25) is 0 Å². The average Bonchev–Trinajstić information content (AvgIpc) is 3.14. The Hall–Kier alpha value is -2.74. The van der Waals surface area contributed by atoms with Crippen LogP contribution < -0.4 is 0 Å². The first kappa shape index (κ1) is 22.9. The smallest absolute Gasteiger partial charge is 0.338 e. The highest BCUT2D eigenvalue weighted by atomic mass is 16.7. The van der Waals surface area contributed by atoms with Gasteiger partial charge < -0.3 is 24.1 Å². The van der Waals surface area contributed by atoms with E-state index in [0.29, 0.717) is 17.5 Å². The Kier molecular flexibility index (Phi) is 7.43. The summed E-state index contributed by atoms with van der Waals surface area (Å²) in [5.74, 6) is -2.60. The lowest BCUT2D eigenvalue weighted by molar-refractivity contribution is -0.270. The molecule has 0 bridgehead atoms. The number of ether oxygens (including phenoxy) is 4. The molecule has 7 heteroatoms. The highest BCUT2D eigenvalue weighted by Gasteiger charge is 2.43. The van der Waals surface area contributed by atoms with Crippen molar-refractivity contribution in [1.82, 2.24) is 0 Å². The van der Waals surface area contributed by atoms with Crippen molar-refractivity contribution in [3.8, 4) is 0 Å². The number of carbonyl (C=O) groups excluding carboxylic acids is 2. The molecule has 31 heavy (non-hydrogen) atoms. The molecule has 1 aliphatic rings. The molecule has 1 heterocycles. The van der Waals surface area contributed by atoms with Crippen LogP contribution in [0.3, 0.4) is 0 Å². The Morgan fingerprint density at radius 3 is 2.13 bits per heavy atom. The lowest BCUT2D eigenvalue weighted by atomic mass is 9.95. The number of esters is 2. The van der Waals surface area contributed by atoms with Gasteiger partial charge in [0.2, 0.25) is 0 Å². The molecule has 0 saturated carbocycles. The normalized spacial score (nSPS) is 22.0. The van der Waals surface area contributed by atoms with Crippen molar-refractivity contribution in [2.75, 3.05) is 6.61 Å². The summed E-state index contributed by atoms with van der Waals surface area (Å²) >= 11 is 0. The summed E-state index contributed by atoms with van der Waals surface area (Å²) in [6.45, 7) is 4.75. The minimum atomic E-state index is -1.39. The fourth-order valence-corrected chi connectivity index (χ4v) is 3.49. The molecule has 1 aliphatic heterocycles. The van der Waals surface area contributed by atoms with Gasteiger partial charge in [0.1, 0.15) is 18.8 Å². The van der Waals surface area contributed by atoms with Gasteiger partial charge in [-0.2, -0.15) is 0 Å². The molecule has 0 amide bonds. The van der Waals surface area contributed by atoms with Gasteiger partial charge in [-0.15, -0.1) is 0 Å². The van der Waals surface area contributed by atoms with E-state index in [1.165, 1.54) is 13.8 Å². The number of hydrogen-bond acceptors (Lipinski definition) is 7. The van der Waals surface area contributed by atoms with E-state index in [-0.39, 0.29) is 12.5 Å². The van der Waals surface area contributed by atoms with E-state index in [9.17, 15) is 14.7 Å².